The van der Waals surface area contributed by atoms with Gasteiger partial charge in [-0.15, -0.1) is 0 Å². The van der Waals surface area contributed by atoms with Gasteiger partial charge in [0.25, 0.3) is 0 Å². The second-order valence-corrected chi connectivity index (χ2v) is 6.58. The van der Waals surface area contributed by atoms with Crippen LogP contribution in [-0.2, 0) is 13.2 Å². The van der Waals surface area contributed by atoms with Gasteiger partial charge in [0, 0.05) is 43.8 Å². The van der Waals surface area contributed by atoms with Crippen molar-refractivity contribution in [3.8, 4) is 0 Å². The standard InChI is InChI=1S/C21H23N3O/c25-16-17-5-9-20(10-6-17)24-13-11-23(12-14-24)15-19-8-7-18-3-1-2-4-21(18)22-19/h1-10,25H,11-16H2. The van der Waals surface area contributed by atoms with E-state index in [4.69, 9.17) is 10.1 Å². The second-order valence-electron chi connectivity index (χ2n) is 6.58. The molecule has 0 amide bonds. The summed E-state index contributed by atoms with van der Waals surface area (Å²) in [6, 6.07) is 20.8. The molecule has 0 aliphatic carbocycles. The molecule has 0 spiro atoms. The molecule has 0 unspecified atom stereocenters. The van der Waals surface area contributed by atoms with Gasteiger partial charge in [-0.05, 0) is 29.8 Å². The van der Waals surface area contributed by atoms with Crippen molar-refractivity contribution in [2.24, 2.45) is 0 Å². The third kappa shape index (κ3) is 3.65. The van der Waals surface area contributed by atoms with Crippen LogP contribution in [0.4, 0.5) is 5.69 Å². The van der Waals surface area contributed by atoms with E-state index in [9.17, 15) is 0 Å². The third-order valence-corrected chi connectivity index (χ3v) is 4.90. The van der Waals surface area contributed by atoms with Crippen LogP contribution in [0.1, 0.15) is 11.3 Å². The van der Waals surface area contributed by atoms with E-state index in [0.29, 0.717) is 0 Å². The molecule has 2 aromatic carbocycles. The van der Waals surface area contributed by atoms with Gasteiger partial charge in [0.15, 0.2) is 0 Å². The summed E-state index contributed by atoms with van der Waals surface area (Å²) in [5.41, 5.74) is 4.41. The lowest BCUT2D eigenvalue weighted by Crippen LogP contribution is -2.46. The van der Waals surface area contributed by atoms with Crippen LogP contribution in [0.15, 0.2) is 60.7 Å². The van der Waals surface area contributed by atoms with Gasteiger partial charge in [0.2, 0.25) is 0 Å². The van der Waals surface area contributed by atoms with Gasteiger partial charge in [-0.1, -0.05) is 36.4 Å². The first kappa shape index (κ1) is 16.1. The van der Waals surface area contributed by atoms with E-state index in [1.807, 2.05) is 18.2 Å². The number of hydrogen-bond donors (Lipinski definition) is 1. The Morgan fingerprint density at radius 1 is 0.840 bits per heavy atom. The quantitative estimate of drug-likeness (QED) is 0.797. The molecule has 1 N–H and O–H groups in total. The molecule has 1 fully saturated rings. The van der Waals surface area contributed by atoms with E-state index in [2.05, 4.69) is 52.3 Å². The van der Waals surface area contributed by atoms with Crippen molar-refractivity contribution in [3.05, 3.63) is 71.9 Å². The number of para-hydroxylation sites is 1. The van der Waals surface area contributed by atoms with Crippen LogP contribution in [0.2, 0.25) is 0 Å². The summed E-state index contributed by atoms with van der Waals surface area (Å²) >= 11 is 0. The number of aromatic nitrogens is 1. The maximum atomic E-state index is 9.15. The maximum absolute atomic E-state index is 9.15. The lowest BCUT2D eigenvalue weighted by molar-refractivity contribution is 0.247. The molecule has 1 aromatic heterocycles. The van der Waals surface area contributed by atoms with Crippen molar-refractivity contribution in [2.45, 2.75) is 13.2 Å². The van der Waals surface area contributed by atoms with Crippen molar-refractivity contribution in [1.82, 2.24) is 9.88 Å². The van der Waals surface area contributed by atoms with E-state index in [-0.39, 0.29) is 6.61 Å². The minimum absolute atomic E-state index is 0.104. The summed E-state index contributed by atoms with van der Waals surface area (Å²) in [6.45, 7) is 5.12. The fourth-order valence-electron chi connectivity index (χ4n) is 3.40. The number of rotatable bonds is 4. The van der Waals surface area contributed by atoms with Gasteiger partial charge in [-0.3, -0.25) is 9.88 Å². The maximum Gasteiger partial charge on any atom is 0.0705 e. The Morgan fingerprint density at radius 3 is 2.36 bits per heavy atom. The predicted molar refractivity (Wildman–Crippen MR) is 102 cm³/mol. The zero-order chi connectivity index (χ0) is 17.1. The highest BCUT2D eigenvalue weighted by molar-refractivity contribution is 5.78. The van der Waals surface area contributed by atoms with Crippen molar-refractivity contribution < 1.29 is 5.11 Å². The molecule has 1 saturated heterocycles. The van der Waals surface area contributed by atoms with Gasteiger partial charge < -0.3 is 10.0 Å². The van der Waals surface area contributed by atoms with Crippen molar-refractivity contribution in [3.63, 3.8) is 0 Å². The molecule has 1 aliphatic heterocycles. The van der Waals surface area contributed by atoms with Gasteiger partial charge in [-0.2, -0.15) is 0 Å². The first-order valence-electron chi connectivity index (χ1n) is 8.83. The highest BCUT2D eigenvalue weighted by Crippen LogP contribution is 2.19. The SMILES string of the molecule is OCc1ccc(N2CCN(Cc3ccc4ccccc4n3)CC2)cc1. The lowest BCUT2D eigenvalue weighted by atomic mass is 10.1. The zero-order valence-electron chi connectivity index (χ0n) is 14.3. The highest BCUT2D eigenvalue weighted by atomic mass is 16.3. The molecule has 3 aromatic rings. The summed E-state index contributed by atoms with van der Waals surface area (Å²) in [7, 11) is 0. The fourth-order valence-corrected chi connectivity index (χ4v) is 3.40. The number of aliphatic hydroxyl groups excluding tert-OH is 1. The Labute approximate surface area is 148 Å². The molecule has 4 rings (SSSR count). The van der Waals surface area contributed by atoms with E-state index in [1.54, 1.807) is 0 Å². The molecule has 128 valence electrons. The Bertz CT molecular complexity index is 839. The van der Waals surface area contributed by atoms with E-state index in [1.165, 1.54) is 11.1 Å². The van der Waals surface area contributed by atoms with E-state index < -0.39 is 0 Å². The van der Waals surface area contributed by atoms with Crippen molar-refractivity contribution >= 4 is 16.6 Å². The van der Waals surface area contributed by atoms with Gasteiger partial charge in [0.05, 0.1) is 17.8 Å². The van der Waals surface area contributed by atoms with E-state index >= 15 is 0 Å². The highest BCUT2D eigenvalue weighted by Gasteiger charge is 2.17. The number of hydrogen-bond acceptors (Lipinski definition) is 4. The molecular formula is C21H23N3O. The molecule has 25 heavy (non-hydrogen) atoms. The van der Waals surface area contributed by atoms with Crippen LogP contribution < -0.4 is 4.90 Å². The van der Waals surface area contributed by atoms with Crippen LogP contribution in [0.25, 0.3) is 10.9 Å². The molecule has 0 bridgehead atoms. The monoisotopic (exact) mass is 333 g/mol. The van der Waals surface area contributed by atoms with Gasteiger partial charge >= 0.3 is 0 Å². The number of pyridine rings is 1. The van der Waals surface area contributed by atoms with Gasteiger partial charge in [-0.25, -0.2) is 0 Å². The Kier molecular flexibility index (Phi) is 4.63. The minimum Gasteiger partial charge on any atom is -0.392 e. The lowest BCUT2D eigenvalue weighted by Gasteiger charge is -2.36. The smallest absolute Gasteiger partial charge is 0.0705 e. The first-order valence-corrected chi connectivity index (χ1v) is 8.83. The summed E-state index contributed by atoms with van der Waals surface area (Å²) < 4.78 is 0. The minimum atomic E-state index is 0.104. The molecule has 0 radical (unpaired) electrons. The average Bonchev–Trinajstić information content (AvgIpc) is 2.69. The van der Waals surface area contributed by atoms with Crippen LogP contribution in [0, 0.1) is 0 Å². The molecule has 4 heteroatoms. The summed E-state index contributed by atoms with van der Waals surface area (Å²) in [4.78, 5) is 9.66. The molecule has 0 atom stereocenters. The number of anilines is 1. The van der Waals surface area contributed by atoms with Crippen LogP contribution in [0.3, 0.4) is 0 Å². The topological polar surface area (TPSA) is 39.6 Å². The van der Waals surface area contributed by atoms with Crippen LogP contribution >= 0.6 is 0 Å². The summed E-state index contributed by atoms with van der Waals surface area (Å²) in [5.74, 6) is 0. The van der Waals surface area contributed by atoms with E-state index in [0.717, 1.165) is 49.5 Å². The first-order chi connectivity index (χ1) is 12.3. The number of nitrogens with zero attached hydrogens (tertiary/aromatic N) is 3. The Balaban J connectivity index is 1.37. The third-order valence-electron chi connectivity index (χ3n) is 4.90. The molecule has 4 nitrogen and oxygen atoms in total. The summed E-state index contributed by atoms with van der Waals surface area (Å²) in [5, 5.41) is 10.4. The van der Waals surface area contributed by atoms with Crippen LogP contribution in [0.5, 0.6) is 0 Å². The number of fused-ring (bicyclic) bond motifs is 1. The summed E-state index contributed by atoms with van der Waals surface area (Å²) in [6.07, 6.45) is 0. The van der Waals surface area contributed by atoms with Crippen molar-refractivity contribution in [1.29, 1.82) is 0 Å². The number of aliphatic hydroxyl groups is 1. The predicted octanol–water partition coefficient (Wildman–Crippen LogP) is 3.05. The Morgan fingerprint density at radius 2 is 1.60 bits per heavy atom. The fraction of sp³-hybridized carbons (Fsp3) is 0.286. The molecular weight excluding hydrogens is 310 g/mol. The van der Waals surface area contributed by atoms with Gasteiger partial charge in [0.1, 0.15) is 0 Å². The Hall–Kier alpha value is -2.43. The second kappa shape index (κ2) is 7.21. The number of piperazine rings is 1. The number of benzene rings is 2. The van der Waals surface area contributed by atoms with Crippen molar-refractivity contribution in [2.75, 3.05) is 31.1 Å². The molecule has 0 saturated carbocycles. The molecule has 1 aliphatic rings. The normalized spacial score (nSPS) is 15.6. The average molecular weight is 333 g/mol. The zero-order valence-corrected chi connectivity index (χ0v) is 14.3. The van der Waals surface area contributed by atoms with Crippen LogP contribution in [-0.4, -0.2) is 41.2 Å². The largest absolute Gasteiger partial charge is 0.392 e. The molecule has 2 heterocycles.